The van der Waals surface area contributed by atoms with Crippen LogP contribution in [0.5, 0.6) is 0 Å². The molecule has 0 aliphatic rings. The fourth-order valence-electron chi connectivity index (χ4n) is 1.46. The first-order valence-corrected chi connectivity index (χ1v) is 5.61. The van der Waals surface area contributed by atoms with Crippen LogP contribution < -0.4 is 5.32 Å². The molecule has 0 spiro atoms. The number of nitrogens with one attached hydrogen (secondary N) is 1. The van der Waals surface area contributed by atoms with Crippen LogP contribution in [0.1, 0.15) is 23.7 Å². The van der Waals surface area contributed by atoms with Gasteiger partial charge in [0.1, 0.15) is 0 Å². The van der Waals surface area contributed by atoms with Crippen LogP contribution in [0.3, 0.4) is 0 Å². The first-order valence-electron chi connectivity index (χ1n) is 5.61. The monoisotopic (exact) mass is 221 g/mol. The number of ether oxygens (including phenoxy) is 1. The molecule has 0 aliphatic carbocycles. The largest absolute Gasteiger partial charge is 0.462 e. The molecule has 88 valence electrons. The highest BCUT2D eigenvalue weighted by Crippen LogP contribution is 2.04. The average Bonchev–Trinajstić information content (AvgIpc) is 2.30. The Balaban J connectivity index is 2.26. The fraction of sp³-hybridized carbons (Fsp3) is 0.462. The molecular weight excluding hydrogens is 202 g/mol. The summed E-state index contributed by atoms with van der Waals surface area (Å²) in [6, 6.07) is 9.07. The van der Waals surface area contributed by atoms with Gasteiger partial charge in [-0.3, -0.25) is 0 Å². The van der Waals surface area contributed by atoms with E-state index in [9.17, 15) is 4.79 Å². The van der Waals surface area contributed by atoms with Crippen molar-refractivity contribution in [3.8, 4) is 0 Å². The Labute approximate surface area is 96.8 Å². The van der Waals surface area contributed by atoms with Crippen LogP contribution in [0.2, 0.25) is 0 Å². The van der Waals surface area contributed by atoms with Crippen molar-refractivity contribution in [3.05, 3.63) is 35.9 Å². The topological polar surface area (TPSA) is 38.3 Å². The standard InChI is InChI=1S/C13H19NO2/c1-11(10-14-2)8-9-16-13(15)12-6-4-3-5-7-12/h3-7,11,14H,8-10H2,1-2H3. The highest BCUT2D eigenvalue weighted by atomic mass is 16.5. The normalized spacial score (nSPS) is 12.1. The van der Waals surface area contributed by atoms with E-state index in [1.54, 1.807) is 12.1 Å². The third-order valence-corrected chi connectivity index (χ3v) is 2.41. The van der Waals surface area contributed by atoms with Gasteiger partial charge in [0.25, 0.3) is 0 Å². The molecule has 0 bridgehead atoms. The van der Waals surface area contributed by atoms with Crippen LogP contribution in [-0.4, -0.2) is 26.2 Å². The molecule has 0 saturated heterocycles. The molecule has 1 rings (SSSR count). The van der Waals surface area contributed by atoms with Gasteiger partial charge in [0.05, 0.1) is 12.2 Å². The van der Waals surface area contributed by atoms with Crippen LogP contribution in [0.25, 0.3) is 0 Å². The van der Waals surface area contributed by atoms with E-state index < -0.39 is 0 Å². The first kappa shape index (κ1) is 12.7. The lowest BCUT2D eigenvalue weighted by molar-refractivity contribution is 0.0485. The maximum absolute atomic E-state index is 11.5. The molecule has 0 amide bonds. The van der Waals surface area contributed by atoms with Crippen molar-refractivity contribution in [2.24, 2.45) is 5.92 Å². The molecule has 3 nitrogen and oxygen atoms in total. The lowest BCUT2D eigenvalue weighted by Crippen LogP contribution is -2.18. The average molecular weight is 221 g/mol. The van der Waals surface area contributed by atoms with Crippen molar-refractivity contribution < 1.29 is 9.53 Å². The third-order valence-electron chi connectivity index (χ3n) is 2.41. The highest BCUT2D eigenvalue weighted by molar-refractivity contribution is 5.89. The van der Waals surface area contributed by atoms with Crippen LogP contribution in [-0.2, 0) is 4.74 Å². The van der Waals surface area contributed by atoms with Gasteiger partial charge in [-0.05, 0) is 38.1 Å². The minimum atomic E-state index is -0.239. The molecule has 0 aromatic heterocycles. The third kappa shape index (κ3) is 4.45. The van der Waals surface area contributed by atoms with Crippen LogP contribution >= 0.6 is 0 Å². The minimum absolute atomic E-state index is 0.239. The zero-order chi connectivity index (χ0) is 11.8. The summed E-state index contributed by atoms with van der Waals surface area (Å²) in [6.07, 6.45) is 0.888. The van der Waals surface area contributed by atoms with E-state index in [0.717, 1.165) is 13.0 Å². The molecule has 0 heterocycles. The quantitative estimate of drug-likeness (QED) is 0.747. The summed E-state index contributed by atoms with van der Waals surface area (Å²) in [5.41, 5.74) is 0.615. The van der Waals surface area contributed by atoms with Crippen molar-refractivity contribution in [3.63, 3.8) is 0 Å². The summed E-state index contributed by atoms with van der Waals surface area (Å²) in [5, 5.41) is 3.10. The second-order valence-corrected chi connectivity index (χ2v) is 3.95. The summed E-state index contributed by atoms with van der Waals surface area (Å²) >= 11 is 0. The number of esters is 1. The molecule has 1 unspecified atom stereocenters. The smallest absolute Gasteiger partial charge is 0.338 e. The Morgan fingerprint density at radius 3 is 2.69 bits per heavy atom. The number of benzene rings is 1. The Hall–Kier alpha value is -1.35. The Kier molecular flexibility index (Phi) is 5.57. The maximum Gasteiger partial charge on any atom is 0.338 e. The number of hydrogen-bond donors (Lipinski definition) is 1. The maximum atomic E-state index is 11.5. The lowest BCUT2D eigenvalue weighted by Gasteiger charge is -2.10. The van der Waals surface area contributed by atoms with Gasteiger partial charge in [0.15, 0.2) is 0 Å². The van der Waals surface area contributed by atoms with Crippen molar-refractivity contribution in [2.45, 2.75) is 13.3 Å². The zero-order valence-corrected chi connectivity index (χ0v) is 9.90. The molecule has 16 heavy (non-hydrogen) atoms. The molecule has 3 heteroatoms. The van der Waals surface area contributed by atoms with Crippen molar-refractivity contribution >= 4 is 5.97 Å². The summed E-state index contributed by atoms with van der Waals surface area (Å²) in [6.45, 7) is 3.56. The molecule has 0 fully saturated rings. The number of carbonyl (C=O) groups excluding carboxylic acids is 1. The van der Waals surface area contributed by atoms with Crippen molar-refractivity contribution in [1.82, 2.24) is 5.32 Å². The number of rotatable bonds is 6. The van der Waals surface area contributed by atoms with Crippen molar-refractivity contribution in [2.75, 3.05) is 20.2 Å². The fourth-order valence-corrected chi connectivity index (χ4v) is 1.46. The lowest BCUT2D eigenvalue weighted by atomic mass is 10.1. The number of carbonyl (C=O) groups is 1. The highest BCUT2D eigenvalue weighted by Gasteiger charge is 2.07. The van der Waals surface area contributed by atoms with E-state index in [1.165, 1.54) is 0 Å². The summed E-state index contributed by atoms with van der Waals surface area (Å²) in [5.74, 6) is 0.283. The molecule has 1 atom stereocenters. The van der Waals surface area contributed by atoms with Gasteiger partial charge in [-0.15, -0.1) is 0 Å². The summed E-state index contributed by atoms with van der Waals surface area (Å²) in [7, 11) is 1.92. The second kappa shape index (κ2) is 7.01. The Morgan fingerprint density at radius 2 is 2.06 bits per heavy atom. The predicted octanol–water partition coefficient (Wildman–Crippen LogP) is 2.09. The number of hydrogen-bond acceptors (Lipinski definition) is 3. The van der Waals surface area contributed by atoms with Crippen LogP contribution in [0, 0.1) is 5.92 Å². The van der Waals surface area contributed by atoms with Gasteiger partial charge in [0, 0.05) is 0 Å². The molecule has 1 aromatic rings. The zero-order valence-electron chi connectivity index (χ0n) is 9.90. The Morgan fingerprint density at radius 1 is 1.38 bits per heavy atom. The predicted molar refractivity (Wildman–Crippen MR) is 64.4 cm³/mol. The van der Waals surface area contributed by atoms with E-state index in [-0.39, 0.29) is 5.97 Å². The summed E-state index contributed by atoms with van der Waals surface area (Å²) in [4.78, 5) is 11.5. The van der Waals surface area contributed by atoms with Gasteiger partial charge in [-0.1, -0.05) is 25.1 Å². The van der Waals surface area contributed by atoms with Gasteiger partial charge in [-0.2, -0.15) is 0 Å². The first-order chi connectivity index (χ1) is 7.74. The van der Waals surface area contributed by atoms with Crippen LogP contribution in [0.4, 0.5) is 0 Å². The Bertz CT molecular complexity index is 311. The van der Waals surface area contributed by atoms with Gasteiger partial charge in [-0.25, -0.2) is 4.79 Å². The molecule has 0 saturated carbocycles. The molecular formula is C13H19NO2. The van der Waals surface area contributed by atoms with Gasteiger partial charge < -0.3 is 10.1 Å². The van der Waals surface area contributed by atoms with Gasteiger partial charge in [0.2, 0.25) is 0 Å². The van der Waals surface area contributed by atoms with Gasteiger partial charge >= 0.3 is 5.97 Å². The molecule has 0 radical (unpaired) electrons. The SMILES string of the molecule is CNCC(C)CCOC(=O)c1ccccc1. The molecule has 1 N–H and O–H groups in total. The van der Waals surface area contributed by atoms with E-state index in [4.69, 9.17) is 4.74 Å². The van der Waals surface area contributed by atoms with E-state index >= 15 is 0 Å². The molecule has 1 aromatic carbocycles. The van der Waals surface area contributed by atoms with E-state index in [2.05, 4.69) is 12.2 Å². The molecule has 0 aliphatic heterocycles. The second-order valence-electron chi connectivity index (χ2n) is 3.95. The van der Waals surface area contributed by atoms with E-state index in [0.29, 0.717) is 18.1 Å². The van der Waals surface area contributed by atoms with E-state index in [1.807, 2.05) is 25.2 Å². The van der Waals surface area contributed by atoms with Crippen LogP contribution in [0.15, 0.2) is 30.3 Å². The summed E-state index contributed by atoms with van der Waals surface area (Å²) < 4.78 is 5.18. The minimum Gasteiger partial charge on any atom is -0.462 e. The van der Waals surface area contributed by atoms with Crippen molar-refractivity contribution in [1.29, 1.82) is 0 Å².